The number of aromatic amines is 1. The summed E-state index contributed by atoms with van der Waals surface area (Å²) in [6.45, 7) is 0. The quantitative estimate of drug-likeness (QED) is 0.710. The molecule has 2 aromatic heterocycles. The summed E-state index contributed by atoms with van der Waals surface area (Å²) >= 11 is 0. The van der Waals surface area contributed by atoms with E-state index in [9.17, 15) is 0 Å². The number of rotatable bonds is 1. The average Bonchev–Trinajstić information content (AvgIpc) is 2.89. The smallest absolute Gasteiger partial charge is 0.179 e. The van der Waals surface area contributed by atoms with Crippen molar-refractivity contribution < 1.29 is 0 Å². The van der Waals surface area contributed by atoms with E-state index in [2.05, 4.69) is 39.2 Å². The third kappa shape index (κ3) is 1.84. The first kappa shape index (κ1) is 11.5. The Bertz CT molecular complexity index is 775. The summed E-state index contributed by atoms with van der Waals surface area (Å²) in [6.07, 6.45) is 3.30. The Kier molecular flexibility index (Phi) is 2.49. The molecule has 2 heterocycles. The number of H-pyrrole nitrogens is 1. The van der Waals surface area contributed by atoms with Crippen molar-refractivity contribution in [3.8, 4) is 0 Å². The molecule has 1 unspecified atom stereocenters. The molecule has 4 nitrogen and oxygen atoms in total. The van der Waals surface area contributed by atoms with Gasteiger partial charge in [-0.1, -0.05) is 24.3 Å². The van der Waals surface area contributed by atoms with Gasteiger partial charge in [-0.05, 0) is 42.5 Å². The second-order valence-corrected chi connectivity index (χ2v) is 5.44. The van der Waals surface area contributed by atoms with Gasteiger partial charge in [0.2, 0.25) is 0 Å². The van der Waals surface area contributed by atoms with Crippen molar-refractivity contribution in [2.45, 2.75) is 25.2 Å². The number of aromatic nitrogens is 3. The Morgan fingerprint density at radius 3 is 2.80 bits per heavy atom. The number of nitrogens with two attached hydrogens (primary N) is 1. The zero-order valence-electron chi connectivity index (χ0n) is 11.1. The first-order chi connectivity index (χ1) is 9.79. The lowest BCUT2D eigenvalue weighted by Crippen LogP contribution is -2.13. The van der Waals surface area contributed by atoms with Gasteiger partial charge in [-0.3, -0.25) is 0 Å². The predicted molar refractivity (Wildman–Crippen MR) is 79.5 cm³/mol. The molecular formula is C16H16N4. The second kappa shape index (κ2) is 4.34. The summed E-state index contributed by atoms with van der Waals surface area (Å²) < 4.78 is 0. The average molecular weight is 264 g/mol. The zero-order valence-corrected chi connectivity index (χ0v) is 11.1. The van der Waals surface area contributed by atoms with E-state index in [1.54, 1.807) is 6.07 Å². The molecule has 0 fully saturated rings. The topological polar surface area (TPSA) is 67.6 Å². The maximum atomic E-state index is 5.71. The van der Waals surface area contributed by atoms with Crippen molar-refractivity contribution >= 4 is 17.0 Å². The van der Waals surface area contributed by atoms with Gasteiger partial charge in [-0.15, -0.1) is 0 Å². The van der Waals surface area contributed by atoms with Gasteiger partial charge in [0.25, 0.3) is 0 Å². The molecule has 1 aromatic carbocycles. The highest BCUT2D eigenvalue weighted by molar-refractivity contribution is 5.72. The molecule has 1 atom stereocenters. The van der Waals surface area contributed by atoms with Gasteiger partial charge in [0.05, 0.1) is 5.52 Å². The van der Waals surface area contributed by atoms with Crippen LogP contribution < -0.4 is 5.73 Å². The van der Waals surface area contributed by atoms with Gasteiger partial charge in [0.15, 0.2) is 5.65 Å². The maximum absolute atomic E-state index is 5.71. The Morgan fingerprint density at radius 1 is 1.05 bits per heavy atom. The van der Waals surface area contributed by atoms with E-state index < -0.39 is 0 Å². The SMILES string of the molecule is Nc1ccc2[nH]c(C3CCc4ccccc4C3)nc2n1. The predicted octanol–water partition coefficient (Wildman–Crippen LogP) is 2.81. The summed E-state index contributed by atoms with van der Waals surface area (Å²) in [6, 6.07) is 12.4. The fraction of sp³-hybridized carbons (Fsp3) is 0.250. The van der Waals surface area contributed by atoms with Crippen LogP contribution in [0.4, 0.5) is 5.82 Å². The Morgan fingerprint density at radius 2 is 1.90 bits per heavy atom. The summed E-state index contributed by atoms with van der Waals surface area (Å²) in [5, 5.41) is 0. The summed E-state index contributed by atoms with van der Waals surface area (Å²) in [7, 11) is 0. The van der Waals surface area contributed by atoms with E-state index in [0.717, 1.165) is 36.3 Å². The minimum atomic E-state index is 0.445. The number of hydrogen-bond donors (Lipinski definition) is 2. The number of aryl methyl sites for hydroxylation is 1. The molecule has 0 radical (unpaired) electrons. The molecule has 1 aliphatic rings. The normalized spacial score (nSPS) is 18.1. The van der Waals surface area contributed by atoms with Gasteiger partial charge in [0, 0.05) is 5.92 Å². The van der Waals surface area contributed by atoms with Crippen LogP contribution in [-0.2, 0) is 12.8 Å². The number of fused-ring (bicyclic) bond motifs is 2. The molecule has 0 spiro atoms. The van der Waals surface area contributed by atoms with Gasteiger partial charge >= 0.3 is 0 Å². The number of hydrogen-bond acceptors (Lipinski definition) is 3. The van der Waals surface area contributed by atoms with E-state index in [-0.39, 0.29) is 0 Å². The number of nitrogens with zero attached hydrogens (tertiary/aromatic N) is 2. The summed E-state index contributed by atoms with van der Waals surface area (Å²) in [4.78, 5) is 12.3. The van der Waals surface area contributed by atoms with Crippen molar-refractivity contribution in [1.82, 2.24) is 15.0 Å². The van der Waals surface area contributed by atoms with Crippen molar-refractivity contribution in [2.75, 3.05) is 5.73 Å². The largest absolute Gasteiger partial charge is 0.384 e. The molecule has 0 saturated heterocycles. The van der Waals surface area contributed by atoms with Crippen LogP contribution in [0.5, 0.6) is 0 Å². The molecule has 3 N–H and O–H groups in total. The Labute approximate surface area is 117 Å². The molecular weight excluding hydrogens is 248 g/mol. The van der Waals surface area contributed by atoms with E-state index in [0.29, 0.717) is 11.7 Å². The van der Waals surface area contributed by atoms with Crippen LogP contribution in [0.25, 0.3) is 11.2 Å². The molecule has 0 amide bonds. The van der Waals surface area contributed by atoms with Crippen molar-refractivity contribution in [3.63, 3.8) is 0 Å². The van der Waals surface area contributed by atoms with E-state index in [4.69, 9.17) is 5.73 Å². The first-order valence-corrected chi connectivity index (χ1v) is 6.98. The van der Waals surface area contributed by atoms with Crippen LogP contribution in [0.15, 0.2) is 36.4 Å². The van der Waals surface area contributed by atoms with Crippen LogP contribution in [0.2, 0.25) is 0 Å². The van der Waals surface area contributed by atoms with Crippen molar-refractivity contribution in [1.29, 1.82) is 0 Å². The molecule has 20 heavy (non-hydrogen) atoms. The van der Waals surface area contributed by atoms with Crippen LogP contribution in [0, 0.1) is 0 Å². The molecule has 0 saturated carbocycles. The summed E-state index contributed by atoms with van der Waals surface area (Å²) in [5.41, 5.74) is 10.3. The number of pyridine rings is 1. The molecule has 4 heteroatoms. The van der Waals surface area contributed by atoms with Crippen LogP contribution in [-0.4, -0.2) is 15.0 Å². The zero-order chi connectivity index (χ0) is 13.5. The molecule has 100 valence electrons. The lowest BCUT2D eigenvalue weighted by atomic mass is 9.83. The van der Waals surface area contributed by atoms with E-state index in [1.807, 2.05) is 6.07 Å². The Balaban J connectivity index is 1.70. The van der Waals surface area contributed by atoms with Crippen LogP contribution in [0.1, 0.15) is 29.3 Å². The number of anilines is 1. The van der Waals surface area contributed by atoms with Crippen molar-refractivity contribution in [3.05, 3.63) is 53.3 Å². The Hall–Kier alpha value is -2.36. The monoisotopic (exact) mass is 264 g/mol. The van der Waals surface area contributed by atoms with Crippen molar-refractivity contribution in [2.24, 2.45) is 0 Å². The highest BCUT2D eigenvalue weighted by Crippen LogP contribution is 2.31. The number of benzene rings is 1. The van der Waals surface area contributed by atoms with E-state index >= 15 is 0 Å². The summed E-state index contributed by atoms with van der Waals surface area (Å²) in [5.74, 6) is 2.00. The fourth-order valence-electron chi connectivity index (χ4n) is 3.05. The molecule has 4 rings (SSSR count). The fourth-order valence-corrected chi connectivity index (χ4v) is 3.05. The number of nitrogens with one attached hydrogen (secondary N) is 1. The third-order valence-electron chi connectivity index (χ3n) is 4.12. The second-order valence-electron chi connectivity index (χ2n) is 5.44. The van der Waals surface area contributed by atoms with Gasteiger partial charge < -0.3 is 10.7 Å². The number of imidazole rings is 1. The minimum Gasteiger partial charge on any atom is -0.384 e. The van der Waals surface area contributed by atoms with Crippen LogP contribution in [0.3, 0.4) is 0 Å². The molecule has 3 aromatic rings. The van der Waals surface area contributed by atoms with Gasteiger partial charge in [0.1, 0.15) is 11.6 Å². The van der Waals surface area contributed by atoms with E-state index in [1.165, 1.54) is 11.1 Å². The minimum absolute atomic E-state index is 0.445. The van der Waals surface area contributed by atoms with Gasteiger partial charge in [-0.2, -0.15) is 0 Å². The lowest BCUT2D eigenvalue weighted by molar-refractivity contribution is 0.561. The molecule has 0 aliphatic heterocycles. The number of nitrogen functional groups attached to an aromatic ring is 1. The van der Waals surface area contributed by atoms with Crippen LogP contribution >= 0.6 is 0 Å². The molecule has 1 aliphatic carbocycles. The standard InChI is InChI=1S/C16H16N4/c17-14-8-7-13-16(19-14)20-15(18-13)12-6-5-10-3-1-2-4-11(10)9-12/h1-4,7-8,12H,5-6,9H2,(H3,17,18,19,20). The highest BCUT2D eigenvalue weighted by Gasteiger charge is 2.22. The van der Waals surface area contributed by atoms with Gasteiger partial charge in [-0.25, -0.2) is 9.97 Å². The third-order valence-corrected chi connectivity index (χ3v) is 4.12. The molecule has 0 bridgehead atoms. The highest BCUT2D eigenvalue weighted by atomic mass is 15.0. The lowest BCUT2D eigenvalue weighted by Gasteiger charge is -2.22. The first-order valence-electron chi connectivity index (χ1n) is 6.98. The maximum Gasteiger partial charge on any atom is 0.179 e.